The van der Waals surface area contributed by atoms with Crippen molar-refractivity contribution in [3.63, 3.8) is 0 Å². The molecule has 1 N–H and O–H groups in total. The van der Waals surface area contributed by atoms with E-state index in [1.54, 1.807) is 24.3 Å². The molecule has 0 fully saturated rings. The van der Waals surface area contributed by atoms with Crippen LogP contribution >= 0.6 is 11.6 Å². The number of rotatable bonds is 6. The second-order valence-corrected chi connectivity index (χ2v) is 5.45. The molecule has 0 aliphatic rings. The molecule has 0 bridgehead atoms. The van der Waals surface area contributed by atoms with Crippen LogP contribution in [0.3, 0.4) is 0 Å². The van der Waals surface area contributed by atoms with Crippen molar-refractivity contribution in [3.8, 4) is 0 Å². The zero-order valence-electron chi connectivity index (χ0n) is 12.0. The molecule has 0 amide bonds. The average Bonchev–Trinajstić information content (AvgIpc) is 2.85. The molecule has 1 atom stereocenters. The summed E-state index contributed by atoms with van der Waals surface area (Å²) in [5.41, 5.74) is 0.786. The number of halogens is 1. The van der Waals surface area contributed by atoms with Gasteiger partial charge in [0.15, 0.2) is 0 Å². The molecule has 0 saturated heterocycles. The highest BCUT2D eigenvalue weighted by Crippen LogP contribution is 2.23. The maximum absolute atomic E-state index is 12.5. The maximum atomic E-state index is 12.5. The molecule has 1 unspecified atom stereocenters. The molecule has 6 heteroatoms. The van der Waals surface area contributed by atoms with Crippen molar-refractivity contribution in [1.29, 1.82) is 0 Å². The number of nitrogens with zero attached hydrogens (tertiary/aromatic N) is 3. The fourth-order valence-electron chi connectivity index (χ4n) is 1.99. The highest BCUT2D eigenvalue weighted by molar-refractivity contribution is 6.33. The van der Waals surface area contributed by atoms with Gasteiger partial charge in [0.1, 0.15) is 11.8 Å². The Hall–Kier alpha value is -1.69. The Bertz CT molecular complexity index is 611. The predicted molar refractivity (Wildman–Crippen MR) is 81.5 cm³/mol. The molecule has 0 aliphatic heterocycles. The fraction of sp³-hybridized carbons (Fsp3) is 0.333. The van der Waals surface area contributed by atoms with Gasteiger partial charge < -0.3 is 10.0 Å². The van der Waals surface area contributed by atoms with Gasteiger partial charge >= 0.3 is 0 Å². The number of benzene rings is 1. The number of aromatic nitrogens is 2. The molecule has 0 aliphatic carbocycles. The van der Waals surface area contributed by atoms with E-state index in [0.717, 1.165) is 6.54 Å². The van der Waals surface area contributed by atoms with Gasteiger partial charge in [-0.05, 0) is 19.7 Å². The molecule has 0 saturated carbocycles. The van der Waals surface area contributed by atoms with Gasteiger partial charge in [0, 0.05) is 6.54 Å². The van der Waals surface area contributed by atoms with Gasteiger partial charge in [-0.1, -0.05) is 41.9 Å². The Morgan fingerprint density at radius 1 is 1.38 bits per heavy atom. The van der Waals surface area contributed by atoms with Crippen LogP contribution in [0, 0.1) is 0 Å². The number of aliphatic hydroxyl groups excluding tert-OH is 1. The molecular formula is C15H18ClN3O2. The zero-order chi connectivity index (χ0) is 15.4. The second kappa shape index (κ2) is 6.85. The molecule has 112 valence electrons. The number of carbonyl (C=O) groups is 1. The largest absolute Gasteiger partial charge is 0.380 e. The molecule has 0 spiro atoms. The lowest BCUT2D eigenvalue weighted by molar-refractivity contribution is 0.0735. The van der Waals surface area contributed by atoms with Gasteiger partial charge in [-0.3, -0.25) is 9.48 Å². The van der Waals surface area contributed by atoms with E-state index in [2.05, 4.69) is 5.10 Å². The summed E-state index contributed by atoms with van der Waals surface area (Å²) in [6, 6.07) is 8.79. The minimum absolute atomic E-state index is 0.245. The summed E-state index contributed by atoms with van der Waals surface area (Å²) in [4.78, 5) is 14.5. The number of hydrogen-bond donors (Lipinski definition) is 1. The van der Waals surface area contributed by atoms with Gasteiger partial charge in [-0.15, -0.1) is 0 Å². The Morgan fingerprint density at radius 2 is 2.05 bits per heavy atom. The third-order valence-corrected chi connectivity index (χ3v) is 3.43. The van der Waals surface area contributed by atoms with Crippen molar-refractivity contribution >= 4 is 17.4 Å². The third-order valence-electron chi connectivity index (χ3n) is 3.15. The summed E-state index contributed by atoms with van der Waals surface area (Å²) < 4.78 is 1.54. The van der Waals surface area contributed by atoms with Crippen molar-refractivity contribution < 1.29 is 9.90 Å². The van der Waals surface area contributed by atoms with Crippen molar-refractivity contribution in [1.82, 2.24) is 14.7 Å². The summed E-state index contributed by atoms with van der Waals surface area (Å²) in [5.74, 6) is -0.442. The van der Waals surface area contributed by atoms with E-state index < -0.39 is 11.9 Å². The lowest BCUT2D eigenvalue weighted by Crippen LogP contribution is -2.23. The van der Waals surface area contributed by atoms with Gasteiger partial charge in [-0.2, -0.15) is 5.10 Å². The molecule has 21 heavy (non-hydrogen) atoms. The summed E-state index contributed by atoms with van der Waals surface area (Å²) in [6.07, 6.45) is 0.195. The number of Topliss-reactive ketones (excluding diaryl/α,β-unsaturated/α-hetero) is 1. The lowest BCUT2D eigenvalue weighted by Gasteiger charge is -2.14. The quantitative estimate of drug-likeness (QED) is 0.830. The van der Waals surface area contributed by atoms with Crippen LogP contribution in [-0.4, -0.2) is 46.2 Å². The van der Waals surface area contributed by atoms with Crippen LogP contribution in [0.2, 0.25) is 5.02 Å². The minimum atomic E-state index is -1.24. The van der Waals surface area contributed by atoms with E-state index in [1.165, 1.54) is 10.9 Å². The molecule has 1 heterocycles. The standard InChI is InChI=1S/C15H18ClN3O2/c1-18(2)8-9-19-13(12(16)10-17-19)15(21)14(20)11-6-4-3-5-7-11/h3-7,10,14,20H,8-9H2,1-2H3. The molecule has 1 aromatic carbocycles. The molecule has 5 nitrogen and oxygen atoms in total. The molecule has 2 aromatic rings. The van der Waals surface area contributed by atoms with Crippen molar-refractivity contribution in [2.24, 2.45) is 0 Å². The van der Waals surface area contributed by atoms with Gasteiger partial charge in [0.2, 0.25) is 5.78 Å². The van der Waals surface area contributed by atoms with Crippen molar-refractivity contribution in [2.45, 2.75) is 12.6 Å². The maximum Gasteiger partial charge on any atom is 0.215 e. The van der Waals surface area contributed by atoms with Crippen LogP contribution < -0.4 is 0 Å². The van der Waals surface area contributed by atoms with Gasteiger partial charge in [0.25, 0.3) is 0 Å². The Balaban J connectivity index is 2.24. The number of carbonyl (C=O) groups excluding carboxylic acids is 1. The first kappa shape index (κ1) is 15.7. The van der Waals surface area contributed by atoms with Gasteiger partial charge in [-0.25, -0.2) is 0 Å². The van der Waals surface area contributed by atoms with Crippen LogP contribution in [0.25, 0.3) is 0 Å². The number of hydrogen-bond acceptors (Lipinski definition) is 4. The monoisotopic (exact) mass is 307 g/mol. The first-order valence-electron chi connectivity index (χ1n) is 6.64. The van der Waals surface area contributed by atoms with Crippen molar-refractivity contribution in [3.05, 3.63) is 52.8 Å². The van der Waals surface area contributed by atoms with Crippen LogP contribution in [0.4, 0.5) is 0 Å². The van der Waals surface area contributed by atoms with Crippen LogP contribution in [0.15, 0.2) is 36.5 Å². The van der Waals surface area contributed by atoms with Crippen LogP contribution in [-0.2, 0) is 6.54 Å². The molecule has 1 aromatic heterocycles. The van der Waals surface area contributed by atoms with E-state index in [9.17, 15) is 9.90 Å². The summed E-state index contributed by atoms with van der Waals surface area (Å²) >= 11 is 6.06. The Morgan fingerprint density at radius 3 is 2.67 bits per heavy atom. The molecule has 2 rings (SSSR count). The fourth-order valence-corrected chi connectivity index (χ4v) is 2.22. The smallest absolute Gasteiger partial charge is 0.215 e. The first-order chi connectivity index (χ1) is 10.0. The van der Waals surface area contributed by atoms with E-state index in [4.69, 9.17) is 11.6 Å². The topological polar surface area (TPSA) is 58.4 Å². The lowest BCUT2D eigenvalue weighted by atomic mass is 10.0. The van der Waals surface area contributed by atoms with Crippen molar-refractivity contribution in [2.75, 3.05) is 20.6 Å². The Kier molecular flexibility index (Phi) is 5.12. The third kappa shape index (κ3) is 3.69. The predicted octanol–water partition coefficient (Wildman–Crippen LogP) is 2.01. The summed E-state index contributed by atoms with van der Waals surface area (Å²) in [5, 5.41) is 14.6. The van der Waals surface area contributed by atoms with E-state index in [-0.39, 0.29) is 10.7 Å². The van der Waals surface area contributed by atoms with E-state index in [0.29, 0.717) is 12.1 Å². The molecule has 0 radical (unpaired) electrons. The normalized spacial score (nSPS) is 12.6. The van der Waals surface area contributed by atoms with Crippen LogP contribution in [0.5, 0.6) is 0 Å². The first-order valence-corrected chi connectivity index (χ1v) is 7.01. The zero-order valence-corrected chi connectivity index (χ0v) is 12.8. The number of aliphatic hydroxyl groups is 1. The number of likely N-dealkylation sites (N-methyl/N-ethyl adjacent to an activating group) is 1. The van der Waals surface area contributed by atoms with E-state index in [1.807, 2.05) is 25.1 Å². The average molecular weight is 308 g/mol. The minimum Gasteiger partial charge on any atom is -0.380 e. The van der Waals surface area contributed by atoms with E-state index >= 15 is 0 Å². The highest BCUT2D eigenvalue weighted by atomic mass is 35.5. The number of ketones is 1. The second-order valence-electron chi connectivity index (χ2n) is 5.05. The Labute approximate surface area is 128 Å². The SMILES string of the molecule is CN(C)CCn1ncc(Cl)c1C(=O)C(O)c1ccccc1. The summed E-state index contributed by atoms with van der Waals surface area (Å²) in [7, 11) is 3.87. The molecular weight excluding hydrogens is 290 g/mol. The van der Waals surface area contributed by atoms with Crippen LogP contribution in [0.1, 0.15) is 22.2 Å². The highest BCUT2D eigenvalue weighted by Gasteiger charge is 2.25. The summed E-state index contributed by atoms with van der Waals surface area (Å²) in [6.45, 7) is 1.25. The van der Waals surface area contributed by atoms with Gasteiger partial charge in [0.05, 0.1) is 17.8 Å².